The topological polar surface area (TPSA) is 129 Å². The van der Waals surface area contributed by atoms with Crippen LogP contribution < -0.4 is 10.6 Å². The number of rotatable bonds is 7. The number of carbonyl (C=O) groups excluding carboxylic acids is 2. The van der Waals surface area contributed by atoms with Gasteiger partial charge in [0.1, 0.15) is 22.9 Å². The molecule has 0 spiro atoms. The van der Waals surface area contributed by atoms with E-state index in [4.69, 9.17) is 0 Å². The van der Waals surface area contributed by atoms with Gasteiger partial charge < -0.3 is 15.7 Å². The second-order valence-electron chi connectivity index (χ2n) is 7.31. The molecule has 1 fully saturated rings. The van der Waals surface area contributed by atoms with Gasteiger partial charge in [0.05, 0.1) is 0 Å². The molecule has 0 aliphatic carbocycles. The van der Waals surface area contributed by atoms with Gasteiger partial charge in [-0.15, -0.1) is 16.9 Å². The minimum atomic E-state index is -1.16. The molecule has 32 heavy (non-hydrogen) atoms. The summed E-state index contributed by atoms with van der Waals surface area (Å²) in [7, 11) is 1.79. The van der Waals surface area contributed by atoms with E-state index in [1.807, 2.05) is 37.3 Å². The Hall–Kier alpha value is -2.99. The molecule has 4 rings (SSSR count). The molecular weight excluding hydrogens is 452 g/mol. The summed E-state index contributed by atoms with van der Waals surface area (Å²) in [6.07, 6.45) is 0. The van der Waals surface area contributed by atoms with Crippen molar-refractivity contribution >= 4 is 41.4 Å². The normalized spacial score (nSPS) is 19.9. The zero-order valence-corrected chi connectivity index (χ0v) is 19.1. The number of nitrogens with one attached hydrogen (secondary N) is 2. The molecule has 1 aromatic heterocycles. The van der Waals surface area contributed by atoms with Gasteiger partial charge in [0.2, 0.25) is 5.16 Å². The summed E-state index contributed by atoms with van der Waals surface area (Å²) in [4.78, 5) is 42.5. The Balaban J connectivity index is 1.39. The highest BCUT2D eigenvalue weighted by atomic mass is 32.2. The molecule has 168 valence electrons. The van der Waals surface area contributed by atoms with Crippen molar-refractivity contribution in [1.82, 2.24) is 30.3 Å². The number of aryl methyl sites for hydroxylation is 2. The fourth-order valence-corrected chi connectivity index (χ4v) is 5.81. The van der Waals surface area contributed by atoms with Gasteiger partial charge in [-0.3, -0.25) is 14.4 Å². The number of benzene rings is 1. The predicted octanol–water partition coefficient (Wildman–Crippen LogP) is 1.34. The summed E-state index contributed by atoms with van der Waals surface area (Å²) in [6.45, 7) is 2.17. The molecule has 0 bridgehead atoms. The van der Waals surface area contributed by atoms with Crippen LogP contribution in [0, 0.1) is 6.92 Å². The highest BCUT2D eigenvalue weighted by molar-refractivity contribution is 8.01. The summed E-state index contributed by atoms with van der Waals surface area (Å²) in [6, 6.07) is 8.19. The first-order valence-corrected chi connectivity index (χ1v) is 11.9. The van der Waals surface area contributed by atoms with E-state index in [1.54, 1.807) is 11.7 Å². The standard InChI is InChI=1S/C20H22N6O4S2/c1-11-22-20(24-25(11)2)32-10-13-9-31-17-14(16(27)26(17)15(13)18(28)29)23-19(30)21-8-12-6-4-3-5-7-12/h3-7,14,17H,8-10H2,1-2H3,(H,28,29)(H2,21,23,30)/t14?,17-/m1/s1. The van der Waals surface area contributed by atoms with Crippen LogP contribution in [0.4, 0.5) is 4.79 Å². The van der Waals surface area contributed by atoms with E-state index < -0.39 is 29.3 Å². The summed E-state index contributed by atoms with van der Waals surface area (Å²) in [5.74, 6) is -0.0151. The van der Waals surface area contributed by atoms with E-state index in [2.05, 4.69) is 20.7 Å². The van der Waals surface area contributed by atoms with Crippen molar-refractivity contribution in [1.29, 1.82) is 0 Å². The van der Waals surface area contributed by atoms with Crippen molar-refractivity contribution in [3.8, 4) is 0 Å². The molecule has 0 saturated carbocycles. The maximum Gasteiger partial charge on any atom is 0.352 e. The number of urea groups is 1. The minimum absolute atomic E-state index is 0.0124. The van der Waals surface area contributed by atoms with Crippen LogP contribution in [0.3, 0.4) is 0 Å². The van der Waals surface area contributed by atoms with Crippen LogP contribution in [-0.2, 0) is 23.2 Å². The molecule has 3 N–H and O–H groups in total. The Morgan fingerprint density at radius 3 is 2.72 bits per heavy atom. The van der Waals surface area contributed by atoms with Gasteiger partial charge in [-0.05, 0) is 18.1 Å². The van der Waals surface area contributed by atoms with Gasteiger partial charge in [-0.25, -0.2) is 14.6 Å². The lowest BCUT2D eigenvalue weighted by Gasteiger charge is -2.49. The molecule has 1 unspecified atom stereocenters. The Bertz CT molecular complexity index is 1070. The third-order valence-electron chi connectivity index (χ3n) is 5.17. The first-order chi connectivity index (χ1) is 15.3. The number of fused-ring (bicyclic) bond motifs is 1. The second-order valence-corrected chi connectivity index (χ2v) is 9.36. The van der Waals surface area contributed by atoms with Crippen LogP contribution in [0.25, 0.3) is 0 Å². The van der Waals surface area contributed by atoms with Crippen LogP contribution in [0.5, 0.6) is 0 Å². The molecule has 1 saturated heterocycles. The molecule has 2 aliphatic rings. The van der Waals surface area contributed by atoms with Gasteiger partial charge >= 0.3 is 12.0 Å². The number of β-lactam (4-membered cyclic amide) rings is 1. The lowest BCUT2D eigenvalue weighted by molar-refractivity contribution is -0.148. The summed E-state index contributed by atoms with van der Waals surface area (Å²) in [5.41, 5.74) is 1.56. The fraction of sp³-hybridized carbons (Fsp3) is 0.350. The lowest BCUT2D eigenvalue weighted by atomic mass is 10.0. The minimum Gasteiger partial charge on any atom is -0.477 e. The maximum atomic E-state index is 12.7. The van der Waals surface area contributed by atoms with E-state index in [1.165, 1.54) is 28.4 Å². The van der Waals surface area contributed by atoms with Crippen molar-refractivity contribution in [2.45, 2.75) is 30.0 Å². The van der Waals surface area contributed by atoms with Crippen LogP contribution in [0.1, 0.15) is 11.4 Å². The van der Waals surface area contributed by atoms with Crippen molar-refractivity contribution in [3.63, 3.8) is 0 Å². The van der Waals surface area contributed by atoms with Crippen LogP contribution in [0.15, 0.2) is 46.8 Å². The number of aromatic nitrogens is 3. The molecule has 12 heteroatoms. The Morgan fingerprint density at radius 2 is 2.06 bits per heavy atom. The summed E-state index contributed by atoms with van der Waals surface area (Å²) in [5, 5.41) is 19.5. The molecular formula is C20H22N6O4S2. The van der Waals surface area contributed by atoms with Crippen molar-refractivity contribution in [3.05, 3.63) is 53.0 Å². The average Bonchev–Trinajstić information content (AvgIpc) is 3.11. The molecule has 2 atom stereocenters. The quantitative estimate of drug-likeness (QED) is 0.405. The number of nitrogens with zero attached hydrogens (tertiary/aromatic N) is 4. The molecule has 2 aliphatic heterocycles. The highest BCUT2D eigenvalue weighted by Gasteiger charge is 2.54. The molecule has 3 heterocycles. The molecule has 1 aromatic carbocycles. The summed E-state index contributed by atoms with van der Waals surface area (Å²) < 4.78 is 1.65. The number of carboxylic acids is 1. The van der Waals surface area contributed by atoms with E-state index in [9.17, 15) is 19.5 Å². The zero-order valence-electron chi connectivity index (χ0n) is 17.4. The monoisotopic (exact) mass is 474 g/mol. The Kier molecular flexibility index (Phi) is 6.42. The smallest absolute Gasteiger partial charge is 0.352 e. The average molecular weight is 475 g/mol. The number of hydrogen-bond acceptors (Lipinski definition) is 7. The third-order valence-corrected chi connectivity index (χ3v) is 7.43. The first kappa shape index (κ1) is 22.2. The SMILES string of the molecule is Cc1nc(SCC2=C(C(=O)O)N3C(=O)C(NC(=O)NCc4ccccc4)[C@H]3SC2)nn1C. The van der Waals surface area contributed by atoms with E-state index in [-0.39, 0.29) is 5.70 Å². The predicted molar refractivity (Wildman–Crippen MR) is 120 cm³/mol. The summed E-state index contributed by atoms with van der Waals surface area (Å²) >= 11 is 2.77. The zero-order chi connectivity index (χ0) is 22.8. The van der Waals surface area contributed by atoms with Crippen LogP contribution in [-0.4, -0.2) is 65.6 Å². The number of hydrogen-bond donors (Lipinski definition) is 3. The van der Waals surface area contributed by atoms with Gasteiger partial charge in [0.25, 0.3) is 5.91 Å². The molecule has 10 nitrogen and oxygen atoms in total. The largest absolute Gasteiger partial charge is 0.477 e. The van der Waals surface area contributed by atoms with Crippen molar-refractivity contribution < 1.29 is 19.5 Å². The van der Waals surface area contributed by atoms with Gasteiger partial charge in [-0.1, -0.05) is 42.1 Å². The van der Waals surface area contributed by atoms with Gasteiger partial charge in [0.15, 0.2) is 0 Å². The third kappa shape index (κ3) is 4.46. The highest BCUT2D eigenvalue weighted by Crippen LogP contribution is 2.41. The second kappa shape index (κ2) is 9.25. The molecule has 0 radical (unpaired) electrons. The lowest BCUT2D eigenvalue weighted by Crippen LogP contribution is -2.71. The van der Waals surface area contributed by atoms with Crippen LogP contribution in [0.2, 0.25) is 0 Å². The number of carbonyl (C=O) groups is 3. The van der Waals surface area contributed by atoms with E-state index >= 15 is 0 Å². The Morgan fingerprint density at radius 1 is 1.31 bits per heavy atom. The van der Waals surface area contributed by atoms with Gasteiger partial charge in [0, 0.05) is 25.1 Å². The van der Waals surface area contributed by atoms with Crippen molar-refractivity contribution in [2.75, 3.05) is 11.5 Å². The molecule has 3 amide bonds. The number of carboxylic acid groups (broad SMARTS) is 1. The molecule has 2 aromatic rings. The van der Waals surface area contributed by atoms with E-state index in [0.717, 1.165) is 11.4 Å². The fourth-order valence-electron chi connectivity index (χ4n) is 3.41. The number of thioether (sulfide) groups is 2. The number of aliphatic carboxylic acids is 1. The maximum absolute atomic E-state index is 12.7. The van der Waals surface area contributed by atoms with Crippen molar-refractivity contribution in [2.24, 2.45) is 7.05 Å². The number of amides is 3. The Labute approximate surface area is 192 Å². The first-order valence-electron chi connectivity index (χ1n) is 9.84. The van der Waals surface area contributed by atoms with E-state index in [0.29, 0.717) is 28.8 Å². The van der Waals surface area contributed by atoms with Gasteiger partial charge in [-0.2, -0.15) is 0 Å². The van der Waals surface area contributed by atoms with Crippen LogP contribution >= 0.6 is 23.5 Å².